The van der Waals surface area contributed by atoms with Crippen LogP contribution in [0.25, 0.3) is 0 Å². The highest BCUT2D eigenvalue weighted by molar-refractivity contribution is 9.10. The van der Waals surface area contributed by atoms with E-state index in [1.165, 1.54) is 16.9 Å². The van der Waals surface area contributed by atoms with Crippen LogP contribution in [0.4, 0.5) is 10.8 Å². The maximum Gasteiger partial charge on any atom is 0.258 e. The Hall–Kier alpha value is -2.58. The van der Waals surface area contributed by atoms with Gasteiger partial charge in [-0.3, -0.25) is 14.9 Å². The van der Waals surface area contributed by atoms with Crippen LogP contribution < -0.4 is 10.2 Å². The summed E-state index contributed by atoms with van der Waals surface area (Å²) in [5, 5.41) is 12.3. The van der Waals surface area contributed by atoms with Gasteiger partial charge in [-0.05, 0) is 65.2 Å². The Kier molecular flexibility index (Phi) is 5.47. The zero-order chi connectivity index (χ0) is 20.5. The molecule has 1 fully saturated rings. The Bertz CT molecular complexity index is 1100. The van der Waals surface area contributed by atoms with Gasteiger partial charge in [0.1, 0.15) is 5.01 Å². The zero-order valence-corrected chi connectivity index (χ0v) is 18.4. The van der Waals surface area contributed by atoms with E-state index >= 15 is 0 Å². The van der Waals surface area contributed by atoms with Crippen LogP contribution in [0.1, 0.15) is 38.8 Å². The van der Waals surface area contributed by atoms with Gasteiger partial charge in [0.05, 0.1) is 5.56 Å². The molecular formula is C21H19BrN4O2S. The van der Waals surface area contributed by atoms with Crippen molar-refractivity contribution in [2.75, 3.05) is 16.8 Å². The molecule has 4 rings (SSSR count). The van der Waals surface area contributed by atoms with Gasteiger partial charge in [-0.2, -0.15) is 0 Å². The molecule has 1 aliphatic rings. The lowest BCUT2D eigenvalue weighted by Gasteiger charge is -2.17. The van der Waals surface area contributed by atoms with Crippen molar-refractivity contribution in [1.29, 1.82) is 0 Å². The standard InChI is InChI=1S/C21H19BrN4O2S/c1-12-7-8-15(9-13(12)2)26-11-14(10-18(26)27)20-24-25-21(29-20)23-19(28)16-5-3-4-6-17(16)22/h3-9,14H,10-11H2,1-2H3,(H,23,25,28). The molecule has 0 aliphatic carbocycles. The molecule has 0 spiro atoms. The molecule has 29 heavy (non-hydrogen) atoms. The number of anilines is 2. The van der Waals surface area contributed by atoms with Crippen LogP contribution in [0.2, 0.25) is 0 Å². The minimum atomic E-state index is -0.251. The minimum absolute atomic E-state index is 0.0317. The van der Waals surface area contributed by atoms with Gasteiger partial charge in [0.25, 0.3) is 5.91 Å². The number of carbonyl (C=O) groups excluding carboxylic acids is 2. The highest BCUT2D eigenvalue weighted by Gasteiger charge is 2.34. The second-order valence-corrected chi connectivity index (χ2v) is 8.92. The van der Waals surface area contributed by atoms with E-state index < -0.39 is 0 Å². The number of hydrogen-bond donors (Lipinski definition) is 1. The molecule has 8 heteroatoms. The topological polar surface area (TPSA) is 75.2 Å². The summed E-state index contributed by atoms with van der Waals surface area (Å²) < 4.78 is 0.715. The van der Waals surface area contributed by atoms with Gasteiger partial charge in [-0.25, -0.2) is 0 Å². The predicted molar refractivity (Wildman–Crippen MR) is 118 cm³/mol. The Morgan fingerprint density at radius 1 is 1.17 bits per heavy atom. The number of nitrogens with zero attached hydrogens (tertiary/aromatic N) is 3. The predicted octanol–water partition coefficient (Wildman–Crippen LogP) is 4.69. The van der Waals surface area contributed by atoms with Gasteiger partial charge in [-0.1, -0.05) is 29.5 Å². The molecule has 2 amide bonds. The number of hydrogen-bond acceptors (Lipinski definition) is 5. The third kappa shape index (κ3) is 4.09. The van der Waals surface area contributed by atoms with E-state index in [9.17, 15) is 9.59 Å². The van der Waals surface area contributed by atoms with Crippen molar-refractivity contribution < 1.29 is 9.59 Å². The fourth-order valence-electron chi connectivity index (χ4n) is 3.28. The normalized spacial score (nSPS) is 16.3. The quantitative estimate of drug-likeness (QED) is 0.599. The lowest BCUT2D eigenvalue weighted by Crippen LogP contribution is -2.24. The van der Waals surface area contributed by atoms with Crippen molar-refractivity contribution >= 4 is 49.9 Å². The first kappa shape index (κ1) is 19.7. The van der Waals surface area contributed by atoms with Gasteiger partial charge >= 0.3 is 0 Å². The average Bonchev–Trinajstić information content (AvgIpc) is 3.31. The molecule has 1 aliphatic heterocycles. The van der Waals surface area contributed by atoms with E-state index in [4.69, 9.17) is 0 Å². The molecular weight excluding hydrogens is 452 g/mol. The molecule has 2 heterocycles. The Morgan fingerprint density at radius 2 is 1.97 bits per heavy atom. The highest BCUT2D eigenvalue weighted by atomic mass is 79.9. The van der Waals surface area contributed by atoms with Gasteiger partial charge in [0.2, 0.25) is 11.0 Å². The van der Waals surface area contributed by atoms with Crippen molar-refractivity contribution in [3.05, 3.63) is 68.6 Å². The van der Waals surface area contributed by atoms with Crippen LogP contribution >= 0.6 is 27.3 Å². The number of amides is 2. The van der Waals surface area contributed by atoms with Crippen LogP contribution in [-0.4, -0.2) is 28.6 Å². The van der Waals surface area contributed by atoms with Crippen molar-refractivity contribution in [2.45, 2.75) is 26.2 Å². The molecule has 6 nitrogen and oxygen atoms in total. The maximum atomic E-state index is 12.6. The Morgan fingerprint density at radius 3 is 2.72 bits per heavy atom. The zero-order valence-electron chi connectivity index (χ0n) is 16.0. The molecule has 1 aromatic heterocycles. The average molecular weight is 471 g/mol. The lowest BCUT2D eigenvalue weighted by atomic mass is 10.1. The van der Waals surface area contributed by atoms with E-state index in [2.05, 4.69) is 38.4 Å². The molecule has 0 saturated carbocycles. The first-order valence-corrected chi connectivity index (χ1v) is 10.8. The summed E-state index contributed by atoms with van der Waals surface area (Å²) in [4.78, 5) is 26.8. The third-order valence-corrected chi connectivity index (χ3v) is 6.75. The van der Waals surface area contributed by atoms with Crippen LogP contribution in [0.5, 0.6) is 0 Å². The fourth-order valence-corrected chi connectivity index (χ4v) is 4.57. The van der Waals surface area contributed by atoms with Crippen molar-refractivity contribution in [2.24, 2.45) is 0 Å². The number of halogens is 1. The number of nitrogens with one attached hydrogen (secondary N) is 1. The van der Waals surface area contributed by atoms with Gasteiger partial charge in [-0.15, -0.1) is 10.2 Å². The first-order chi connectivity index (χ1) is 13.9. The van der Waals surface area contributed by atoms with Gasteiger partial charge < -0.3 is 4.90 Å². The summed E-state index contributed by atoms with van der Waals surface area (Å²) in [5.74, 6) is -0.206. The van der Waals surface area contributed by atoms with E-state index in [1.54, 1.807) is 17.0 Å². The number of rotatable bonds is 4. The summed E-state index contributed by atoms with van der Waals surface area (Å²) in [6, 6.07) is 13.3. The number of aryl methyl sites for hydroxylation is 2. The molecule has 0 radical (unpaired) electrons. The second kappa shape index (κ2) is 8.04. The van der Waals surface area contributed by atoms with Crippen molar-refractivity contribution in [3.63, 3.8) is 0 Å². The summed E-state index contributed by atoms with van der Waals surface area (Å²) in [5.41, 5.74) is 3.80. The number of aromatic nitrogens is 2. The molecule has 1 atom stereocenters. The highest BCUT2D eigenvalue weighted by Crippen LogP contribution is 2.35. The molecule has 2 aromatic carbocycles. The van der Waals surface area contributed by atoms with Gasteiger partial charge in [0, 0.05) is 29.0 Å². The van der Waals surface area contributed by atoms with Gasteiger partial charge in [0.15, 0.2) is 0 Å². The van der Waals surface area contributed by atoms with E-state index in [0.29, 0.717) is 28.1 Å². The Labute approximate surface area is 181 Å². The maximum absolute atomic E-state index is 12.6. The molecule has 3 aromatic rings. The van der Waals surface area contributed by atoms with Crippen LogP contribution in [-0.2, 0) is 4.79 Å². The monoisotopic (exact) mass is 470 g/mol. The number of benzene rings is 2. The second-order valence-electron chi connectivity index (χ2n) is 7.05. The van der Waals surface area contributed by atoms with Crippen molar-refractivity contribution in [3.8, 4) is 0 Å². The van der Waals surface area contributed by atoms with Crippen molar-refractivity contribution in [1.82, 2.24) is 10.2 Å². The smallest absolute Gasteiger partial charge is 0.258 e. The largest absolute Gasteiger partial charge is 0.312 e. The summed E-state index contributed by atoms with van der Waals surface area (Å²) in [6.07, 6.45) is 0.389. The fraction of sp³-hybridized carbons (Fsp3) is 0.238. The molecule has 1 saturated heterocycles. The van der Waals surface area contributed by atoms with Crippen LogP contribution in [0.3, 0.4) is 0 Å². The summed E-state index contributed by atoms with van der Waals surface area (Å²) in [6.45, 7) is 4.66. The Balaban J connectivity index is 1.47. The third-order valence-electron chi connectivity index (χ3n) is 5.06. The minimum Gasteiger partial charge on any atom is -0.312 e. The summed E-state index contributed by atoms with van der Waals surface area (Å²) >= 11 is 4.69. The van der Waals surface area contributed by atoms with E-state index in [-0.39, 0.29) is 17.7 Å². The molecule has 0 bridgehead atoms. The van der Waals surface area contributed by atoms with E-state index in [0.717, 1.165) is 16.3 Å². The first-order valence-electron chi connectivity index (χ1n) is 9.19. The van der Waals surface area contributed by atoms with E-state index in [1.807, 2.05) is 37.3 Å². The SMILES string of the molecule is Cc1ccc(N2CC(c3nnc(NC(=O)c4ccccc4Br)s3)CC2=O)cc1C. The number of carbonyl (C=O) groups is 2. The lowest BCUT2D eigenvalue weighted by molar-refractivity contribution is -0.117. The molecule has 1 unspecified atom stereocenters. The van der Waals surface area contributed by atoms with Crippen LogP contribution in [0.15, 0.2) is 46.9 Å². The van der Waals surface area contributed by atoms with Crippen LogP contribution in [0, 0.1) is 13.8 Å². The summed E-state index contributed by atoms with van der Waals surface area (Å²) in [7, 11) is 0. The molecule has 148 valence electrons. The molecule has 1 N–H and O–H groups in total.